The minimum Gasteiger partial charge on any atom is -0.352 e. The first-order valence-electron chi connectivity index (χ1n) is 5.32. The van der Waals surface area contributed by atoms with Crippen molar-refractivity contribution < 1.29 is 9.59 Å². The van der Waals surface area contributed by atoms with Crippen LogP contribution < -0.4 is 5.32 Å². The zero-order valence-corrected chi connectivity index (χ0v) is 10.1. The molecule has 0 saturated carbocycles. The molecule has 0 aromatic carbocycles. The van der Waals surface area contributed by atoms with E-state index < -0.39 is 0 Å². The van der Waals surface area contributed by atoms with Gasteiger partial charge in [0.2, 0.25) is 11.8 Å². The fourth-order valence-corrected chi connectivity index (χ4v) is 2.65. The van der Waals surface area contributed by atoms with Crippen LogP contribution in [0.25, 0.3) is 0 Å². The van der Waals surface area contributed by atoms with Crippen LogP contribution >= 0.6 is 15.9 Å². The summed E-state index contributed by atoms with van der Waals surface area (Å²) in [5, 5.41) is 3.77. The van der Waals surface area contributed by atoms with Crippen molar-refractivity contribution in [2.45, 2.75) is 25.3 Å². The molecule has 84 valence electrons. The second-order valence-electron chi connectivity index (χ2n) is 4.33. The summed E-state index contributed by atoms with van der Waals surface area (Å²) in [5.74, 6) is 0.777. The highest BCUT2D eigenvalue weighted by molar-refractivity contribution is 9.09. The molecule has 0 aliphatic carbocycles. The van der Waals surface area contributed by atoms with E-state index in [0.717, 1.165) is 18.3 Å². The maximum atomic E-state index is 11.6. The van der Waals surface area contributed by atoms with Crippen molar-refractivity contribution in [2.24, 2.45) is 5.92 Å². The summed E-state index contributed by atoms with van der Waals surface area (Å²) in [6.45, 7) is 1.52. The highest BCUT2D eigenvalue weighted by atomic mass is 79.9. The molecular weight excluding hydrogens is 260 g/mol. The molecule has 0 bridgehead atoms. The van der Waals surface area contributed by atoms with Crippen LogP contribution in [-0.2, 0) is 9.59 Å². The maximum Gasteiger partial charge on any atom is 0.223 e. The molecule has 5 heteroatoms. The second-order valence-corrected chi connectivity index (χ2v) is 4.97. The van der Waals surface area contributed by atoms with Crippen LogP contribution in [0.5, 0.6) is 0 Å². The van der Waals surface area contributed by atoms with Gasteiger partial charge in [-0.2, -0.15) is 0 Å². The van der Waals surface area contributed by atoms with Crippen LogP contribution in [0.1, 0.15) is 19.3 Å². The first kappa shape index (κ1) is 10.9. The molecule has 0 radical (unpaired) electrons. The summed E-state index contributed by atoms with van der Waals surface area (Å²) in [6.07, 6.45) is 2.11. The summed E-state index contributed by atoms with van der Waals surface area (Å²) in [4.78, 5) is 24.5. The molecule has 1 N–H and O–H groups in total. The number of halogens is 1. The summed E-state index contributed by atoms with van der Waals surface area (Å²) in [5.41, 5.74) is 0. The summed E-state index contributed by atoms with van der Waals surface area (Å²) >= 11 is 3.40. The van der Waals surface area contributed by atoms with Crippen molar-refractivity contribution in [1.82, 2.24) is 10.2 Å². The van der Waals surface area contributed by atoms with Gasteiger partial charge in [0.25, 0.3) is 0 Å². The Bertz CT molecular complexity index is 283. The predicted octanol–water partition coefficient (Wildman–Crippen LogP) is 0.508. The molecule has 15 heavy (non-hydrogen) atoms. The molecule has 0 aromatic heterocycles. The van der Waals surface area contributed by atoms with Gasteiger partial charge in [-0.25, -0.2) is 0 Å². The standard InChI is InChI=1S/C10H15BrN2O2/c11-4-7-3-10(15)13(5-7)6-8-1-2-9(14)12-8/h7-8H,1-6H2,(H,12,14)/t7?,8-/m1/s1. The number of likely N-dealkylation sites (tertiary alicyclic amines) is 1. The Morgan fingerprint density at radius 1 is 1.47 bits per heavy atom. The van der Waals surface area contributed by atoms with Gasteiger partial charge in [0.05, 0.1) is 0 Å². The number of nitrogens with one attached hydrogen (secondary N) is 1. The second kappa shape index (κ2) is 4.51. The molecule has 2 rings (SSSR count). The van der Waals surface area contributed by atoms with Crippen molar-refractivity contribution in [1.29, 1.82) is 0 Å². The zero-order chi connectivity index (χ0) is 10.8. The minimum absolute atomic E-state index is 0.115. The number of hydrogen-bond acceptors (Lipinski definition) is 2. The van der Waals surface area contributed by atoms with Gasteiger partial charge in [-0.3, -0.25) is 9.59 Å². The Hall–Kier alpha value is -0.580. The van der Waals surface area contributed by atoms with Crippen molar-refractivity contribution in [3.05, 3.63) is 0 Å². The topological polar surface area (TPSA) is 49.4 Å². The van der Waals surface area contributed by atoms with Crippen LogP contribution in [0.2, 0.25) is 0 Å². The van der Waals surface area contributed by atoms with E-state index in [1.165, 1.54) is 0 Å². The van der Waals surface area contributed by atoms with Crippen molar-refractivity contribution in [3.63, 3.8) is 0 Å². The van der Waals surface area contributed by atoms with E-state index in [9.17, 15) is 9.59 Å². The lowest BCUT2D eigenvalue weighted by Crippen LogP contribution is -2.39. The Morgan fingerprint density at radius 3 is 2.80 bits per heavy atom. The van der Waals surface area contributed by atoms with Crippen LogP contribution in [0.4, 0.5) is 0 Å². The third-order valence-corrected chi connectivity index (χ3v) is 3.95. The molecule has 2 atom stereocenters. The first-order chi connectivity index (χ1) is 7.19. The van der Waals surface area contributed by atoms with Gasteiger partial charge in [-0.05, 0) is 12.3 Å². The summed E-state index contributed by atoms with van der Waals surface area (Å²) in [7, 11) is 0. The van der Waals surface area contributed by atoms with Gasteiger partial charge >= 0.3 is 0 Å². The molecule has 0 aromatic rings. The van der Waals surface area contributed by atoms with Crippen molar-refractivity contribution >= 4 is 27.7 Å². The Balaban J connectivity index is 1.84. The molecule has 2 saturated heterocycles. The lowest BCUT2D eigenvalue weighted by Gasteiger charge is -2.20. The highest BCUT2D eigenvalue weighted by Crippen LogP contribution is 2.21. The number of hydrogen-bond donors (Lipinski definition) is 1. The van der Waals surface area contributed by atoms with Crippen LogP contribution in [0.15, 0.2) is 0 Å². The van der Waals surface area contributed by atoms with E-state index in [1.807, 2.05) is 4.90 Å². The highest BCUT2D eigenvalue weighted by Gasteiger charge is 2.32. The van der Waals surface area contributed by atoms with Gasteiger partial charge in [-0.15, -0.1) is 0 Å². The molecule has 4 nitrogen and oxygen atoms in total. The van der Waals surface area contributed by atoms with Crippen molar-refractivity contribution in [2.75, 3.05) is 18.4 Å². The number of nitrogens with zero attached hydrogens (tertiary/aromatic N) is 1. The maximum absolute atomic E-state index is 11.6. The van der Waals surface area contributed by atoms with Crippen LogP contribution in [0.3, 0.4) is 0 Å². The zero-order valence-electron chi connectivity index (χ0n) is 8.54. The average Bonchev–Trinajstić information content (AvgIpc) is 2.75. The van der Waals surface area contributed by atoms with E-state index in [1.54, 1.807) is 0 Å². The molecule has 1 unspecified atom stereocenters. The number of carbonyl (C=O) groups excluding carboxylic acids is 2. The van der Waals surface area contributed by atoms with E-state index >= 15 is 0 Å². The first-order valence-corrected chi connectivity index (χ1v) is 6.44. The Labute approximate surface area is 97.5 Å². The molecule has 2 aliphatic rings. The van der Waals surface area contributed by atoms with E-state index in [-0.39, 0.29) is 17.9 Å². The number of alkyl halides is 1. The third kappa shape index (κ3) is 2.51. The Kier molecular flexibility index (Phi) is 3.29. The number of amides is 2. The van der Waals surface area contributed by atoms with Gasteiger partial charge in [0, 0.05) is 37.3 Å². The number of carbonyl (C=O) groups is 2. The molecule has 2 amide bonds. The third-order valence-electron chi connectivity index (χ3n) is 3.04. The molecule has 0 spiro atoms. The van der Waals surface area contributed by atoms with E-state index in [4.69, 9.17) is 0 Å². The normalized spacial score (nSPS) is 31.1. The SMILES string of the molecule is O=C1CC[C@H](CN2CC(CBr)CC2=O)N1. The van der Waals surface area contributed by atoms with Crippen molar-refractivity contribution in [3.8, 4) is 0 Å². The summed E-state index contributed by atoms with van der Waals surface area (Å²) < 4.78 is 0. The lowest BCUT2D eigenvalue weighted by molar-refractivity contribution is -0.128. The van der Waals surface area contributed by atoms with Crippen LogP contribution in [-0.4, -0.2) is 41.2 Å². The van der Waals surface area contributed by atoms with Gasteiger partial charge in [0.15, 0.2) is 0 Å². The van der Waals surface area contributed by atoms with Gasteiger partial charge in [0.1, 0.15) is 0 Å². The fraction of sp³-hybridized carbons (Fsp3) is 0.800. The van der Waals surface area contributed by atoms with E-state index in [0.29, 0.717) is 25.3 Å². The average molecular weight is 275 g/mol. The van der Waals surface area contributed by atoms with Gasteiger partial charge in [-0.1, -0.05) is 15.9 Å². The fourth-order valence-electron chi connectivity index (χ4n) is 2.21. The van der Waals surface area contributed by atoms with Gasteiger partial charge < -0.3 is 10.2 Å². The lowest BCUT2D eigenvalue weighted by atomic mass is 10.2. The Morgan fingerprint density at radius 2 is 2.27 bits per heavy atom. The smallest absolute Gasteiger partial charge is 0.223 e. The van der Waals surface area contributed by atoms with E-state index in [2.05, 4.69) is 21.2 Å². The molecular formula is C10H15BrN2O2. The molecule has 2 aliphatic heterocycles. The molecule has 2 heterocycles. The number of rotatable bonds is 3. The minimum atomic E-state index is 0.115. The molecule has 2 fully saturated rings. The predicted molar refractivity (Wildman–Crippen MR) is 59.6 cm³/mol. The quantitative estimate of drug-likeness (QED) is 0.763. The van der Waals surface area contributed by atoms with Crippen LogP contribution in [0, 0.1) is 5.92 Å². The summed E-state index contributed by atoms with van der Waals surface area (Å²) in [6, 6.07) is 0.176. The monoisotopic (exact) mass is 274 g/mol. The largest absolute Gasteiger partial charge is 0.352 e.